The minimum Gasteiger partial charge on any atom is -0.412 e. The number of rotatable bonds is 14. The van der Waals surface area contributed by atoms with Gasteiger partial charge in [-0.3, -0.25) is 0 Å². The third-order valence-electron chi connectivity index (χ3n) is 4.94. The summed E-state index contributed by atoms with van der Waals surface area (Å²) in [7, 11) is -4.63. The molecule has 0 aliphatic heterocycles. The molecule has 34 heavy (non-hydrogen) atoms. The highest BCUT2D eigenvalue weighted by Crippen LogP contribution is 2.19. The monoisotopic (exact) mass is 724 g/mol. The van der Waals surface area contributed by atoms with E-state index >= 15 is 0 Å². The zero-order chi connectivity index (χ0) is 25.5. The third kappa shape index (κ3) is 9.60. The summed E-state index contributed by atoms with van der Waals surface area (Å²) in [6, 6.07) is 18.7. The number of halogens is 2. The lowest BCUT2D eigenvalue weighted by atomic mass is 10.4. The van der Waals surface area contributed by atoms with E-state index in [9.17, 15) is 0 Å². The fourth-order valence-electron chi connectivity index (χ4n) is 3.62. The molecule has 0 aliphatic carbocycles. The molecule has 188 valence electrons. The van der Waals surface area contributed by atoms with Crippen molar-refractivity contribution >= 4 is 72.7 Å². The van der Waals surface area contributed by atoms with Crippen molar-refractivity contribution in [3.8, 4) is 0 Å². The minimum atomic E-state index is -2.70. The lowest BCUT2D eigenvalue weighted by Crippen LogP contribution is -2.56. The van der Waals surface area contributed by atoms with Crippen LogP contribution in [-0.2, 0) is 17.7 Å². The van der Waals surface area contributed by atoms with Gasteiger partial charge in [-0.15, -0.1) is 13.2 Å². The molecular formula is C26H38I2O4Si2. The molecule has 8 heteroatoms. The molecule has 0 unspecified atom stereocenters. The van der Waals surface area contributed by atoms with Gasteiger partial charge in [-0.1, -0.05) is 36.4 Å². The van der Waals surface area contributed by atoms with E-state index in [2.05, 4.69) is 102 Å². The Hall–Kier alpha value is -0.346. The molecular weight excluding hydrogens is 686 g/mol. The van der Waals surface area contributed by atoms with E-state index in [4.69, 9.17) is 17.7 Å². The Balaban J connectivity index is 0.000000340. The second kappa shape index (κ2) is 17.2. The van der Waals surface area contributed by atoms with Crippen LogP contribution in [0.1, 0.15) is 27.7 Å². The van der Waals surface area contributed by atoms with Gasteiger partial charge in [-0.25, -0.2) is 0 Å². The van der Waals surface area contributed by atoms with Gasteiger partial charge < -0.3 is 17.7 Å². The maximum Gasteiger partial charge on any atom is 0.537 e. The number of hydrogen-bond donors (Lipinski definition) is 0. The normalized spacial score (nSPS) is 11.5. The van der Waals surface area contributed by atoms with Gasteiger partial charge in [0.25, 0.3) is 0 Å². The smallest absolute Gasteiger partial charge is 0.412 e. The van der Waals surface area contributed by atoms with E-state index in [1.165, 1.54) is 12.3 Å². The molecule has 0 bridgehead atoms. The predicted molar refractivity (Wildman–Crippen MR) is 166 cm³/mol. The van der Waals surface area contributed by atoms with Crippen LogP contribution in [0.3, 0.4) is 0 Å². The van der Waals surface area contributed by atoms with Crippen molar-refractivity contribution in [1.82, 2.24) is 0 Å². The van der Waals surface area contributed by atoms with Crippen molar-refractivity contribution in [2.75, 3.05) is 26.4 Å². The Labute approximate surface area is 235 Å². The van der Waals surface area contributed by atoms with Crippen molar-refractivity contribution in [2.24, 2.45) is 0 Å². The van der Waals surface area contributed by atoms with Crippen molar-refractivity contribution in [1.29, 1.82) is 0 Å². The third-order valence-corrected chi connectivity index (χ3v) is 13.5. The summed E-state index contributed by atoms with van der Waals surface area (Å²) in [6.07, 6.45) is 3.95. The summed E-state index contributed by atoms with van der Waals surface area (Å²) < 4.78 is 26.1. The molecule has 0 spiro atoms. The van der Waals surface area contributed by atoms with Gasteiger partial charge in [0.1, 0.15) is 0 Å². The lowest BCUT2D eigenvalue weighted by molar-refractivity contribution is 0.0859. The first kappa shape index (κ1) is 31.7. The Bertz CT molecular complexity index is 818. The highest BCUT2D eigenvalue weighted by molar-refractivity contribution is 14.1. The molecule has 0 amide bonds. The van der Waals surface area contributed by atoms with Crippen molar-refractivity contribution < 1.29 is 17.7 Å². The van der Waals surface area contributed by atoms with Crippen molar-refractivity contribution in [2.45, 2.75) is 39.8 Å². The van der Waals surface area contributed by atoms with E-state index in [1.54, 1.807) is 0 Å². The van der Waals surface area contributed by atoms with Gasteiger partial charge in [0.2, 0.25) is 8.32 Å². The van der Waals surface area contributed by atoms with Crippen LogP contribution in [0.5, 0.6) is 0 Å². The first-order valence-corrected chi connectivity index (χ1v) is 17.9. The largest absolute Gasteiger partial charge is 0.537 e. The molecule has 0 fully saturated rings. The molecule has 0 aliphatic rings. The first-order chi connectivity index (χ1) is 16.4. The highest BCUT2D eigenvalue weighted by Gasteiger charge is 2.43. The van der Waals surface area contributed by atoms with Gasteiger partial charge in [-0.2, -0.15) is 0 Å². The Morgan fingerprint density at radius 2 is 0.971 bits per heavy atom. The molecule has 2 aromatic carbocycles. The SMILES string of the molecule is C=CC[Si](CC=C)(OCC)c1ccc(I)cc1.CCO[Si](OCC)(OCC)c1ccc(I)cc1. The van der Waals surface area contributed by atoms with E-state index in [-0.39, 0.29) is 0 Å². The molecule has 0 saturated carbocycles. The molecule has 0 radical (unpaired) electrons. The van der Waals surface area contributed by atoms with Crippen LogP contribution in [0.2, 0.25) is 12.1 Å². The van der Waals surface area contributed by atoms with Gasteiger partial charge in [0.05, 0.1) is 0 Å². The summed E-state index contributed by atoms with van der Waals surface area (Å²) in [5, 5.41) is 2.36. The summed E-state index contributed by atoms with van der Waals surface area (Å²) in [6.45, 7) is 18.2. The summed E-state index contributed by atoms with van der Waals surface area (Å²) in [5.41, 5.74) is 0. The maximum atomic E-state index is 6.13. The van der Waals surface area contributed by atoms with Crippen molar-refractivity contribution in [3.05, 3.63) is 81.0 Å². The van der Waals surface area contributed by atoms with E-state index in [1.807, 2.05) is 45.1 Å². The van der Waals surface area contributed by atoms with Crippen LogP contribution < -0.4 is 10.4 Å². The molecule has 0 aromatic heterocycles. The van der Waals surface area contributed by atoms with Crippen LogP contribution in [0.4, 0.5) is 0 Å². The topological polar surface area (TPSA) is 36.9 Å². The first-order valence-electron chi connectivity index (χ1n) is 11.7. The zero-order valence-corrected chi connectivity index (χ0v) is 27.1. The van der Waals surface area contributed by atoms with Gasteiger partial charge in [-0.05, 0) is 114 Å². The summed E-state index contributed by atoms with van der Waals surface area (Å²) in [4.78, 5) is 0. The Morgan fingerprint density at radius 3 is 1.29 bits per heavy atom. The average molecular weight is 725 g/mol. The second-order valence-electron chi connectivity index (χ2n) is 7.28. The minimum absolute atomic E-state index is 0.595. The molecule has 0 atom stereocenters. The number of hydrogen-bond acceptors (Lipinski definition) is 4. The molecule has 0 saturated heterocycles. The predicted octanol–water partition coefficient (Wildman–Crippen LogP) is 6.40. The molecule has 2 aromatic rings. The van der Waals surface area contributed by atoms with Crippen LogP contribution in [-0.4, -0.2) is 43.5 Å². The Kier molecular flexibility index (Phi) is 16.0. The summed E-state index contributed by atoms with van der Waals surface area (Å²) >= 11 is 4.60. The number of allylic oxidation sites excluding steroid dienone is 2. The fraction of sp³-hybridized carbons (Fsp3) is 0.385. The standard InChI is InChI=1S/C14H19IOSi.C12H19IO3Si/c1-4-11-17(12-5-2,16-6-3)14-9-7-13(15)8-10-14;1-4-14-17(15-5-2,16-6-3)12-9-7-11(13)8-10-12/h4-5,7-10H,1-2,6,11-12H2,3H3;7-10H,4-6H2,1-3H3. The molecule has 4 nitrogen and oxygen atoms in total. The lowest BCUT2D eigenvalue weighted by Gasteiger charge is -2.29. The van der Waals surface area contributed by atoms with Crippen LogP contribution in [0.15, 0.2) is 73.8 Å². The average Bonchev–Trinajstić information content (AvgIpc) is 2.81. The van der Waals surface area contributed by atoms with E-state index < -0.39 is 17.1 Å². The highest BCUT2D eigenvalue weighted by atomic mass is 127. The van der Waals surface area contributed by atoms with Crippen LogP contribution in [0, 0.1) is 7.14 Å². The van der Waals surface area contributed by atoms with E-state index in [0.29, 0.717) is 19.8 Å². The van der Waals surface area contributed by atoms with Gasteiger partial charge in [0.15, 0.2) is 0 Å². The van der Waals surface area contributed by atoms with Gasteiger partial charge >= 0.3 is 8.80 Å². The molecule has 2 rings (SSSR count). The van der Waals surface area contributed by atoms with Gasteiger partial charge in [0, 0.05) is 38.8 Å². The fourth-order valence-corrected chi connectivity index (χ4v) is 10.1. The van der Waals surface area contributed by atoms with E-state index in [0.717, 1.165) is 23.9 Å². The van der Waals surface area contributed by atoms with Crippen LogP contribution in [0.25, 0.3) is 0 Å². The summed E-state index contributed by atoms with van der Waals surface area (Å²) in [5.74, 6) is 0. The quantitative estimate of drug-likeness (QED) is 0.129. The zero-order valence-electron chi connectivity index (χ0n) is 20.8. The Morgan fingerprint density at radius 1 is 0.618 bits per heavy atom. The molecule has 0 heterocycles. The second-order valence-corrected chi connectivity index (χ2v) is 16.0. The van der Waals surface area contributed by atoms with Crippen molar-refractivity contribution in [3.63, 3.8) is 0 Å². The molecule has 0 N–H and O–H groups in total. The number of benzene rings is 2. The van der Waals surface area contributed by atoms with Crippen LogP contribution >= 0.6 is 45.2 Å². The maximum absolute atomic E-state index is 6.13.